The number of methoxy groups -OCH3 is 1. The number of likely N-dealkylation sites (tertiary alicyclic amines) is 1. The van der Waals surface area contributed by atoms with Gasteiger partial charge in [0.2, 0.25) is 0 Å². The normalized spacial score (nSPS) is 20.4. The minimum absolute atomic E-state index is 0.00883. The van der Waals surface area contributed by atoms with Crippen LogP contribution in [0.25, 0.3) is 0 Å². The summed E-state index contributed by atoms with van der Waals surface area (Å²) in [4.78, 5) is 13.6. The van der Waals surface area contributed by atoms with Gasteiger partial charge in [-0.25, -0.2) is 4.79 Å². The molecule has 2 rings (SSSR count). The van der Waals surface area contributed by atoms with Gasteiger partial charge in [-0.3, -0.25) is 0 Å². The molecule has 5 heteroatoms. The number of anilines is 1. The highest BCUT2D eigenvalue weighted by Crippen LogP contribution is 2.20. The molecular formula is C14H20N2O3. The van der Waals surface area contributed by atoms with E-state index in [2.05, 4.69) is 5.32 Å². The van der Waals surface area contributed by atoms with Crippen molar-refractivity contribution < 1.29 is 14.6 Å². The van der Waals surface area contributed by atoms with Crippen LogP contribution in [0.2, 0.25) is 0 Å². The predicted molar refractivity (Wildman–Crippen MR) is 73.1 cm³/mol. The lowest BCUT2D eigenvalue weighted by atomic mass is 10.1. The minimum Gasteiger partial charge on any atom is -0.391 e. The van der Waals surface area contributed by atoms with Crippen LogP contribution in [0, 0.1) is 0 Å². The molecule has 2 atom stereocenters. The van der Waals surface area contributed by atoms with Gasteiger partial charge in [0.1, 0.15) is 0 Å². The van der Waals surface area contributed by atoms with Gasteiger partial charge in [0, 0.05) is 25.9 Å². The fourth-order valence-electron chi connectivity index (χ4n) is 2.13. The van der Waals surface area contributed by atoms with Crippen LogP contribution in [0.5, 0.6) is 0 Å². The highest BCUT2D eigenvalue weighted by molar-refractivity contribution is 5.89. The number of hydrogen-bond acceptors (Lipinski definition) is 3. The van der Waals surface area contributed by atoms with Crippen molar-refractivity contribution >= 4 is 11.7 Å². The highest BCUT2D eigenvalue weighted by Gasteiger charge is 2.24. The van der Waals surface area contributed by atoms with E-state index in [1.807, 2.05) is 31.2 Å². The number of nitrogens with one attached hydrogen (secondary N) is 1. The third-order valence-corrected chi connectivity index (χ3v) is 3.41. The molecule has 1 heterocycles. The Morgan fingerprint density at radius 3 is 3.00 bits per heavy atom. The van der Waals surface area contributed by atoms with Crippen LogP contribution in [-0.4, -0.2) is 42.3 Å². The van der Waals surface area contributed by atoms with E-state index in [1.165, 1.54) is 0 Å². The Bertz CT molecular complexity index is 450. The third kappa shape index (κ3) is 3.45. The molecule has 1 aromatic carbocycles. The molecule has 5 nitrogen and oxygen atoms in total. The van der Waals surface area contributed by atoms with E-state index in [9.17, 15) is 9.90 Å². The summed E-state index contributed by atoms with van der Waals surface area (Å²) in [6, 6.07) is 7.43. The molecule has 1 fully saturated rings. The second-order valence-corrected chi connectivity index (χ2v) is 4.82. The van der Waals surface area contributed by atoms with Gasteiger partial charge in [-0.2, -0.15) is 0 Å². The molecule has 0 radical (unpaired) electrons. The Morgan fingerprint density at radius 2 is 2.37 bits per heavy atom. The Morgan fingerprint density at radius 1 is 1.58 bits per heavy atom. The maximum Gasteiger partial charge on any atom is 0.321 e. The lowest BCUT2D eigenvalue weighted by Gasteiger charge is -2.17. The van der Waals surface area contributed by atoms with E-state index in [4.69, 9.17) is 4.74 Å². The number of benzene rings is 1. The monoisotopic (exact) mass is 264 g/mol. The maximum atomic E-state index is 12.0. The van der Waals surface area contributed by atoms with Crippen molar-refractivity contribution in [1.29, 1.82) is 0 Å². The summed E-state index contributed by atoms with van der Waals surface area (Å²) in [5.74, 6) is 0. The number of nitrogens with zero attached hydrogens (tertiary/aromatic N) is 1. The van der Waals surface area contributed by atoms with Crippen LogP contribution in [0.15, 0.2) is 24.3 Å². The van der Waals surface area contributed by atoms with E-state index in [0.717, 1.165) is 11.3 Å². The first-order valence-electron chi connectivity index (χ1n) is 6.47. The number of amides is 2. The lowest BCUT2D eigenvalue weighted by Crippen LogP contribution is -2.33. The lowest BCUT2D eigenvalue weighted by molar-refractivity contribution is 0.119. The topological polar surface area (TPSA) is 61.8 Å². The summed E-state index contributed by atoms with van der Waals surface area (Å²) in [5.41, 5.74) is 1.76. The Kier molecular flexibility index (Phi) is 4.39. The van der Waals surface area contributed by atoms with Crippen LogP contribution in [-0.2, 0) is 4.74 Å². The number of β-amino-alcohol motifs (C(OH)–C–C–N with tert-alkyl or cyclic N) is 1. The van der Waals surface area contributed by atoms with Crippen molar-refractivity contribution in [1.82, 2.24) is 4.90 Å². The zero-order valence-corrected chi connectivity index (χ0v) is 11.3. The molecule has 104 valence electrons. The second kappa shape index (κ2) is 6.04. The van der Waals surface area contributed by atoms with Crippen LogP contribution in [0.1, 0.15) is 25.0 Å². The van der Waals surface area contributed by atoms with Gasteiger partial charge in [0.15, 0.2) is 0 Å². The summed E-state index contributed by atoms with van der Waals surface area (Å²) in [6.45, 7) is 2.96. The van der Waals surface area contributed by atoms with Gasteiger partial charge < -0.3 is 20.1 Å². The van der Waals surface area contributed by atoms with Gasteiger partial charge >= 0.3 is 6.03 Å². The Labute approximate surface area is 113 Å². The Hall–Kier alpha value is -1.59. The van der Waals surface area contributed by atoms with Gasteiger partial charge in [-0.05, 0) is 31.0 Å². The van der Waals surface area contributed by atoms with Crippen molar-refractivity contribution in [2.45, 2.75) is 25.6 Å². The molecule has 1 unspecified atom stereocenters. The molecule has 1 aliphatic heterocycles. The average Bonchev–Trinajstić information content (AvgIpc) is 2.85. The van der Waals surface area contributed by atoms with Crippen LogP contribution in [0.4, 0.5) is 10.5 Å². The molecule has 0 spiro atoms. The number of carbonyl (C=O) groups excluding carboxylic acids is 1. The standard InChI is InChI=1S/C14H20N2O3/c1-10(19-2)11-4-3-5-12(8-11)15-14(18)16-7-6-13(17)9-16/h3-5,8,10,13,17H,6-7,9H2,1-2H3,(H,15,18)/t10?,13-/m1/s1. The van der Waals surface area contributed by atoms with Crippen molar-refractivity contribution in [2.75, 3.05) is 25.5 Å². The van der Waals surface area contributed by atoms with Crippen LogP contribution < -0.4 is 5.32 Å². The molecule has 1 aromatic rings. The molecule has 2 amide bonds. The summed E-state index contributed by atoms with van der Waals surface area (Å²) >= 11 is 0. The van der Waals surface area contributed by atoms with E-state index < -0.39 is 6.10 Å². The largest absolute Gasteiger partial charge is 0.391 e. The van der Waals surface area contributed by atoms with E-state index in [1.54, 1.807) is 12.0 Å². The molecule has 1 saturated heterocycles. The summed E-state index contributed by atoms with van der Waals surface area (Å²) in [5, 5.41) is 12.3. The first-order valence-corrected chi connectivity index (χ1v) is 6.47. The van der Waals surface area contributed by atoms with Crippen molar-refractivity contribution in [3.8, 4) is 0 Å². The maximum absolute atomic E-state index is 12.0. The van der Waals surface area contributed by atoms with Gasteiger partial charge in [0.05, 0.1) is 12.2 Å². The molecule has 0 aliphatic carbocycles. The quantitative estimate of drug-likeness (QED) is 0.877. The molecule has 1 aliphatic rings. The van der Waals surface area contributed by atoms with Gasteiger partial charge in [-0.1, -0.05) is 12.1 Å². The molecule has 0 aromatic heterocycles. The molecular weight excluding hydrogens is 244 g/mol. The number of hydrogen-bond donors (Lipinski definition) is 2. The van der Waals surface area contributed by atoms with E-state index in [0.29, 0.717) is 19.5 Å². The van der Waals surface area contributed by atoms with Crippen LogP contribution in [0.3, 0.4) is 0 Å². The number of urea groups is 1. The summed E-state index contributed by atoms with van der Waals surface area (Å²) < 4.78 is 5.25. The zero-order chi connectivity index (χ0) is 13.8. The highest BCUT2D eigenvalue weighted by atomic mass is 16.5. The first kappa shape index (κ1) is 13.8. The average molecular weight is 264 g/mol. The molecule has 2 N–H and O–H groups in total. The van der Waals surface area contributed by atoms with Crippen molar-refractivity contribution in [2.24, 2.45) is 0 Å². The van der Waals surface area contributed by atoms with Crippen LogP contribution >= 0.6 is 0 Å². The molecule has 0 saturated carbocycles. The number of carbonyl (C=O) groups is 1. The van der Waals surface area contributed by atoms with Crippen molar-refractivity contribution in [3.05, 3.63) is 29.8 Å². The predicted octanol–water partition coefficient (Wildman–Crippen LogP) is 1.99. The fraction of sp³-hybridized carbons (Fsp3) is 0.500. The zero-order valence-electron chi connectivity index (χ0n) is 11.3. The van der Waals surface area contributed by atoms with E-state index in [-0.39, 0.29) is 12.1 Å². The number of ether oxygens (including phenoxy) is 1. The molecule has 19 heavy (non-hydrogen) atoms. The van der Waals surface area contributed by atoms with E-state index >= 15 is 0 Å². The SMILES string of the molecule is COC(C)c1cccc(NC(=O)N2CC[C@@H](O)C2)c1. The van der Waals surface area contributed by atoms with Crippen molar-refractivity contribution in [3.63, 3.8) is 0 Å². The third-order valence-electron chi connectivity index (χ3n) is 3.41. The summed E-state index contributed by atoms with van der Waals surface area (Å²) in [7, 11) is 1.65. The Balaban J connectivity index is 2.00. The summed E-state index contributed by atoms with van der Waals surface area (Å²) in [6.07, 6.45) is 0.241. The minimum atomic E-state index is -0.398. The molecule has 0 bridgehead atoms. The number of aliphatic hydroxyl groups is 1. The number of aliphatic hydroxyl groups excluding tert-OH is 1. The smallest absolute Gasteiger partial charge is 0.321 e. The fourth-order valence-corrected chi connectivity index (χ4v) is 2.13. The second-order valence-electron chi connectivity index (χ2n) is 4.82. The number of rotatable bonds is 3. The van der Waals surface area contributed by atoms with Gasteiger partial charge in [-0.15, -0.1) is 0 Å². The first-order chi connectivity index (χ1) is 9.10. The van der Waals surface area contributed by atoms with Gasteiger partial charge in [0.25, 0.3) is 0 Å².